The Labute approximate surface area is 112 Å². The van der Waals surface area contributed by atoms with E-state index < -0.39 is 0 Å². The van der Waals surface area contributed by atoms with Gasteiger partial charge in [-0.3, -0.25) is 0 Å². The molecule has 1 N–H and O–H groups in total. The smallest absolute Gasteiger partial charge is 0.177 e. The lowest BCUT2D eigenvalue weighted by Gasteiger charge is -2.22. The zero-order valence-electron chi connectivity index (χ0n) is 11.4. The Kier molecular flexibility index (Phi) is 2.63. The highest BCUT2D eigenvalue weighted by molar-refractivity contribution is 5.71. The molecular weight excluding hydrogens is 234 g/mol. The van der Waals surface area contributed by atoms with Crippen LogP contribution in [0, 0.1) is 6.92 Å². The van der Waals surface area contributed by atoms with E-state index in [2.05, 4.69) is 59.1 Å². The predicted octanol–water partition coefficient (Wildman–Crippen LogP) is 3.59. The molecule has 1 aromatic carbocycles. The molecule has 0 bridgehead atoms. The first-order valence-corrected chi connectivity index (χ1v) is 6.46. The number of fused-ring (bicyclic) bond motifs is 1. The summed E-state index contributed by atoms with van der Waals surface area (Å²) in [6.45, 7) is 6.38. The quantitative estimate of drug-likeness (QED) is 0.756. The van der Waals surface area contributed by atoms with Gasteiger partial charge in [0.2, 0.25) is 0 Å². The SMILES string of the molecule is Cc1cnc2nc(C(C)(C)c3ccccc3)[nH]c2c1. The third kappa shape index (κ3) is 2.01. The van der Waals surface area contributed by atoms with Gasteiger partial charge < -0.3 is 4.98 Å². The first-order valence-electron chi connectivity index (χ1n) is 6.46. The molecule has 0 saturated carbocycles. The van der Waals surface area contributed by atoms with E-state index in [1.165, 1.54) is 5.56 Å². The van der Waals surface area contributed by atoms with Crippen LogP contribution in [0.25, 0.3) is 11.2 Å². The van der Waals surface area contributed by atoms with Crippen molar-refractivity contribution < 1.29 is 0 Å². The van der Waals surface area contributed by atoms with Gasteiger partial charge >= 0.3 is 0 Å². The molecule has 96 valence electrons. The van der Waals surface area contributed by atoms with Gasteiger partial charge in [-0.1, -0.05) is 30.3 Å². The van der Waals surface area contributed by atoms with Crippen LogP contribution in [0.2, 0.25) is 0 Å². The van der Waals surface area contributed by atoms with Crippen LogP contribution in [0.4, 0.5) is 0 Å². The van der Waals surface area contributed by atoms with Gasteiger partial charge in [-0.2, -0.15) is 0 Å². The molecule has 0 spiro atoms. The number of hydrogen-bond donors (Lipinski definition) is 1. The molecule has 3 rings (SSSR count). The Hall–Kier alpha value is -2.16. The van der Waals surface area contributed by atoms with Crippen molar-refractivity contribution in [3.8, 4) is 0 Å². The Bertz CT molecular complexity index is 711. The van der Waals surface area contributed by atoms with E-state index in [9.17, 15) is 0 Å². The van der Waals surface area contributed by atoms with E-state index in [0.717, 1.165) is 22.6 Å². The van der Waals surface area contributed by atoms with E-state index >= 15 is 0 Å². The number of pyridine rings is 1. The number of imidazole rings is 1. The summed E-state index contributed by atoms with van der Waals surface area (Å²) in [5.41, 5.74) is 4.00. The Morgan fingerprint density at radius 2 is 1.84 bits per heavy atom. The minimum atomic E-state index is -0.157. The average molecular weight is 251 g/mol. The van der Waals surface area contributed by atoms with Crippen molar-refractivity contribution in [1.82, 2.24) is 15.0 Å². The number of H-pyrrole nitrogens is 1. The second kappa shape index (κ2) is 4.19. The molecule has 0 amide bonds. The standard InChI is InChI=1S/C16H17N3/c1-11-9-13-14(17-10-11)19-15(18-13)16(2,3)12-7-5-4-6-8-12/h4-10H,1-3H3,(H,17,18,19). The first-order chi connectivity index (χ1) is 9.07. The normalized spacial score (nSPS) is 11.9. The summed E-state index contributed by atoms with van der Waals surface area (Å²) in [6.07, 6.45) is 1.85. The molecule has 0 saturated heterocycles. The van der Waals surface area contributed by atoms with Crippen molar-refractivity contribution in [2.24, 2.45) is 0 Å². The van der Waals surface area contributed by atoms with Crippen LogP contribution in [0.5, 0.6) is 0 Å². The Morgan fingerprint density at radius 3 is 2.58 bits per heavy atom. The minimum absolute atomic E-state index is 0.157. The van der Waals surface area contributed by atoms with Crippen molar-refractivity contribution >= 4 is 11.2 Å². The molecule has 0 unspecified atom stereocenters. The van der Waals surface area contributed by atoms with Gasteiger partial charge in [0.25, 0.3) is 0 Å². The largest absolute Gasteiger partial charge is 0.340 e. The number of nitrogens with zero attached hydrogens (tertiary/aromatic N) is 2. The Balaban J connectivity index is 2.13. The number of hydrogen-bond acceptors (Lipinski definition) is 2. The van der Waals surface area contributed by atoms with Crippen molar-refractivity contribution in [2.45, 2.75) is 26.2 Å². The van der Waals surface area contributed by atoms with Crippen LogP contribution < -0.4 is 0 Å². The van der Waals surface area contributed by atoms with Crippen molar-refractivity contribution in [3.63, 3.8) is 0 Å². The van der Waals surface area contributed by atoms with Crippen molar-refractivity contribution in [3.05, 3.63) is 59.5 Å². The average Bonchev–Trinajstić information content (AvgIpc) is 2.83. The molecule has 0 radical (unpaired) electrons. The van der Waals surface area contributed by atoms with Gasteiger partial charge in [-0.15, -0.1) is 0 Å². The number of aromatic amines is 1. The molecule has 0 atom stereocenters. The highest BCUT2D eigenvalue weighted by atomic mass is 15.0. The number of benzene rings is 1. The minimum Gasteiger partial charge on any atom is -0.340 e. The summed E-state index contributed by atoms with van der Waals surface area (Å²) in [6, 6.07) is 12.5. The lowest BCUT2D eigenvalue weighted by atomic mass is 9.84. The summed E-state index contributed by atoms with van der Waals surface area (Å²) in [5.74, 6) is 0.951. The maximum Gasteiger partial charge on any atom is 0.177 e. The fourth-order valence-corrected chi connectivity index (χ4v) is 2.29. The molecular formula is C16H17N3. The molecule has 0 aliphatic carbocycles. The van der Waals surface area contributed by atoms with Crippen LogP contribution in [-0.2, 0) is 5.41 Å². The van der Waals surface area contributed by atoms with Crippen LogP contribution in [0.15, 0.2) is 42.6 Å². The van der Waals surface area contributed by atoms with Crippen molar-refractivity contribution in [1.29, 1.82) is 0 Å². The molecule has 0 aliphatic rings. The van der Waals surface area contributed by atoms with Gasteiger partial charge in [0.05, 0.1) is 5.52 Å². The van der Waals surface area contributed by atoms with Gasteiger partial charge in [0.15, 0.2) is 5.65 Å². The van der Waals surface area contributed by atoms with Crippen LogP contribution in [0.1, 0.15) is 30.8 Å². The van der Waals surface area contributed by atoms with E-state index in [-0.39, 0.29) is 5.41 Å². The lowest BCUT2D eigenvalue weighted by molar-refractivity contribution is 0.601. The molecule has 3 nitrogen and oxygen atoms in total. The summed E-state index contributed by atoms with van der Waals surface area (Å²) in [5, 5.41) is 0. The highest BCUT2D eigenvalue weighted by Gasteiger charge is 2.26. The van der Waals surface area contributed by atoms with Crippen molar-refractivity contribution in [2.75, 3.05) is 0 Å². The van der Waals surface area contributed by atoms with Gasteiger partial charge in [-0.05, 0) is 38.0 Å². The summed E-state index contributed by atoms with van der Waals surface area (Å²) in [4.78, 5) is 12.4. The third-order valence-corrected chi connectivity index (χ3v) is 3.56. The van der Waals surface area contributed by atoms with E-state index in [1.54, 1.807) is 0 Å². The fourth-order valence-electron chi connectivity index (χ4n) is 2.29. The first kappa shape index (κ1) is 11.9. The number of rotatable bonds is 2. The highest BCUT2D eigenvalue weighted by Crippen LogP contribution is 2.30. The van der Waals surface area contributed by atoms with Crippen LogP contribution >= 0.6 is 0 Å². The lowest BCUT2D eigenvalue weighted by Crippen LogP contribution is -2.20. The Morgan fingerprint density at radius 1 is 1.11 bits per heavy atom. The summed E-state index contributed by atoms with van der Waals surface area (Å²) >= 11 is 0. The van der Waals surface area contributed by atoms with Gasteiger partial charge in [-0.25, -0.2) is 9.97 Å². The zero-order chi connectivity index (χ0) is 13.5. The van der Waals surface area contributed by atoms with E-state index in [4.69, 9.17) is 0 Å². The topological polar surface area (TPSA) is 41.6 Å². The van der Waals surface area contributed by atoms with E-state index in [1.807, 2.05) is 19.2 Å². The molecule has 2 heterocycles. The third-order valence-electron chi connectivity index (χ3n) is 3.56. The summed E-state index contributed by atoms with van der Waals surface area (Å²) < 4.78 is 0. The summed E-state index contributed by atoms with van der Waals surface area (Å²) in [7, 11) is 0. The monoisotopic (exact) mass is 251 g/mol. The van der Waals surface area contributed by atoms with Gasteiger partial charge in [0, 0.05) is 11.6 Å². The zero-order valence-corrected chi connectivity index (χ0v) is 11.4. The number of nitrogens with one attached hydrogen (secondary N) is 1. The molecule has 0 aliphatic heterocycles. The van der Waals surface area contributed by atoms with E-state index in [0.29, 0.717) is 0 Å². The van der Waals surface area contributed by atoms with Crippen LogP contribution in [-0.4, -0.2) is 15.0 Å². The fraction of sp³-hybridized carbons (Fsp3) is 0.250. The second-order valence-corrected chi connectivity index (χ2v) is 5.46. The maximum absolute atomic E-state index is 4.64. The number of aromatic nitrogens is 3. The predicted molar refractivity (Wildman–Crippen MR) is 77.2 cm³/mol. The van der Waals surface area contributed by atoms with Gasteiger partial charge in [0.1, 0.15) is 5.82 Å². The maximum atomic E-state index is 4.64. The molecule has 19 heavy (non-hydrogen) atoms. The second-order valence-electron chi connectivity index (χ2n) is 5.46. The van der Waals surface area contributed by atoms with Crippen LogP contribution in [0.3, 0.4) is 0 Å². The molecule has 0 fully saturated rings. The molecule has 3 heteroatoms. The molecule has 3 aromatic rings. The molecule has 2 aromatic heterocycles. The number of aryl methyl sites for hydroxylation is 1.